The third-order valence-corrected chi connectivity index (χ3v) is 4.85. The number of aryl methyl sites for hydroxylation is 2. The van der Waals surface area contributed by atoms with Gasteiger partial charge in [-0.2, -0.15) is 0 Å². The van der Waals surface area contributed by atoms with E-state index >= 15 is 0 Å². The van der Waals surface area contributed by atoms with Gasteiger partial charge in [-0.1, -0.05) is 36.4 Å². The summed E-state index contributed by atoms with van der Waals surface area (Å²) in [6, 6.07) is 13.3. The first-order valence-electron chi connectivity index (χ1n) is 9.07. The van der Waals surface area contributed by atoms with E-state index in [0.29, 0.717) is 5.92 Å². The zero-order valence-electron chi connectivity index (χ0n) is 15.3. The Labute approximate surface area is 146 Å². The lowest BCUT2D eigenvalue weighted by Gasteiger charge is -2.22. The number of benzene rings is 1. The average Bonchev–Trinajstić information content (AvgIpc) is 2.96. The highest BCUT2D eigenvalue weighted by molar-refractivity contribution is 5.62. The summed E-state index contributed by atoms with van der Waals surface area (Å²) in [4.78, 5) is 0. The molecule has 1 aromatic heterocycles. The second kappa shape index (κ2) is 7.31. The SMILES string of the molecule is C[N+](C)(C)CCC[n+]1ccc(CCC2C=Cc3ccccc32)cc1. The van der Waals surface area contributed by atoms with Gasteiger partial charge in [0, 0.05) is 18.1 Å². The highest BCUT2D eigenvalue weighted by Crippen LogP contribution is 2.32. The van der Waals surface area contributed by atoms with Crippen LogP contribution in [0.1, 0.15) is 35.4 Å². The molecule has 1 atom stereocenters. The second-order valence-corrected chi connectivity index (χ2v) is 7.94. The first kappa shape index (κ1) is 16.9. The number of hydrogen-bond acceptors (Lipinski definition) is 0. The van der Waals surface area contributed by atoms with E-state index in [4.69, 9.17) is 0 Å². The van der Waals surface area contributed by atoms with Crippen molar-refractivity contribution < 1.29 is 9.05 Å². The van der Waals surface area contributed by atoms with Gasteiger partial charge in [0.25, 0.3) is 0 Å². The van der Waals surface area contributed by atoms with Crippen LogP contribution in [0.15, 0.2) is 54.9 Å². The molecule has 0 radical (unpaired) electrons. The lowest BCUT2D eigenvalue weighted by Crippen LogP contribution is -2.39. The Morgan fingerprint density at radius 2 is 1.75 bits per heavy atom. The van der Waals surface area contributed by atoms with E-state index in [1.165, 1.54) is 36.1 Å². The van der Waals surface area contributed by atoms with Gasteiger partial charge in [0.15, 0.2) is 18.9 Å². The van der Waals surface area contributed by atoms with E-state index in [1.54, 1.807) is 0 Å². The number of pyridine rings is 1. The molecule has 0 saturated heterocycles. The van der Waals surface area contributed by atoms with E-state index in [0.717, 1.165) is 17.4 Å². The highest BCUT2D eigenvalue weighted by atomic mass is 15.3. The molecular formula is C22H30N2+2. The van der Waals surface area contributed by atoms with E-state index in [2.05, 4.69) is 86.7 Å². The lowest BCUT2D eigenvalue weighted by atomic mass is 9.94. The third kappa shape index (κ3) is 4.55. The van der Waals surface area contributed by atoms with Crippen LogP contribution in [0.25, 0.3) is 6.08 Å². The zero-order valence-corrected chi connectivity index (χ0v) is 15.3. The average molecular weight is 322 g/mol. The smallest absolute Gasteiger partial charge is 0.169 e. The topological polar surface area (TPSA) is 3.88 Å². The summed E-state index contributed by atoms with van der Waals surface area (Å²) < 4.78 is 3.35. The lowest BCUT2D eigenvalue weighted by molar-refractivity contribution is -0.873. The molecule has 1 heterocycles. The molecule has 0 N–H and O–H groups in total. The summed E-state index contributed by atoms with van der Waals surface area (Å²) in [5.74, 6) is 0.582. The molecule has 3 rings (SSSR count). The Morgan fingerprint density at radius 1 is 1.00 bits per heavy atom. The minimum atomic E-state index is 0.582. The molecule has 0 amide bonds. The maximum absolute atomic E-state index is 2.36. The minimum absolute atomic E-state index is 0.582. The van der Waals surface area contributed by atoms with Crippen molar-refractivity contribution in [1.29, 1.82) is 0 Å². The summed E-state index contributed by atoms with van der Waals surface area (Å²) in [6.07, 6.45) is 12.7. The third-order valence-electron chi connectivity index (χ3n) is 4.85. The van der Waals surface area contributed by atoms with Gasteiger partial charge in [-0.3, -0.25) is 0 Å². The largest absolute Gasteiger partial charge is 0.331 e. The predicted molar refractivity (Wildman–Crippen MR) is 101 cm³/mol. The van der Waals surface area contributed by atoms with Crippen molar-refractivity contribution in [2.24, 2.45) is 0 Å². The Kier molecular flexibility index (Phi) is 5.15. The zero-order chi connectivity index (χ0) is 17.0. The summed E-state index contributed by atoms with van der Waals surface area (Å²) in [7, 11) is 6.76. The van der Waals surface area contributed by atoms with Crippen LogP contribution in [-0.2, 0) is 13.0 Å². The molecule has 0 bridgehead atoms. The van der Waals surface area contributed by atoms with Gasteiger partial charge in [0.2, 0.25) is 0 Å². The van der Waals surface area contributed by atoms with Crippen LogP contribution in [0.2, 0.25) is 0 Å². The quantitative estimate of drug-likeness (QED) is 0.539. The molecule has 0 saturated carbocycles. The van der Waals surface area contributed by atoms with E-state index in [9.17, 15) is 0 Å². The molecule has 0 spiro atoms. The van der Waals surface area contributed by atoms with Crippen LogP contribution < -0.4 is 4.57 Å². The Hall–Kier alpha value is -1.93. The number of hydrogen-bond donors (Lipinski definition) is 0. The van der Waals surface area contributed by atoms with Crippen LogP contribution in [0, 0.1) is 0 Å². The van der Waals surface area contributed by atoms with Crippen molar-refractivity contribution >= 4 is 6.08 Å². The molecule has 1 aliphatic carbocycles. The first-order chi connectivity index (χ1) is 11.5. The normalized spacial score (nSPS) is 16.4. The van der Waals surface area contributed by atoms with Gasteiger partial charge in [0.05, 0.1) is 34.1 Å². The molecule has 2 nitrogen and oxygen atoms in total. The van der Waals surface area contributed by atoms with Crippen molar-refractivity contribution in [3.05, 3.63) is 71.6 Å². The molecule has 0 fully saturated rings. The molecule has 2 heteroatoms. The first-order valence-corrected chi connectivity index (χ1v) is 9.07. The second-order valence-electron chi connectivity index (χ2n) is 7.94. The summed E-state index contributed by atoms with van der Waals surface area (Å²) in [5.41, 5.74) is 4.32. The molecule has 0 aliphatic heterocycles. The Balaban J connectivity index is 1.50. The molecule has 24 heavy (non-hydrogen) atoms. The number of aromatic nitrogens is 1. The fourth-order valence-corrected chi connectivity index (χ4v) is 3.43. The van der Waals surface area contributed by atoms with Gasteiger partial charge < -0.3 is 4.48 Å². The van der Waals surface area contributed by atoms with Crippen LogP contribution in [0.3, 0.4) is 0 Å². The summed E-state index contributed by atoms with van der Waals surface area (Å²) in [5, 5.41) is 0. The highest BCUT2D eigenvalue weighted by Gasteiger charge is 2.16. The molecule has 2 aromatic rings. The van der Waals surface area contributed by atoms with E-state index in [-0.39, 0.29) is 0 Å². The van der Waals surface area contributed by atoms with Crippen LogP contribution in [-0.4, -0.2) is 32.2 Å². The maximum atomic E-state index is 2.36. The fourth-order valence-electron chi connectivity index (χ4n) is 3.43. The number of nitrogens with zero attached hydrogens (tertiary/aromatic N) is 2. The van der Waals surface area contributed by atoms with Crippen molar-refractivity contribution in [3.8, 4) is 0 Å². The summed E-state index contributed by atoms with van der Waals surface area (Å²) in [6.45, 7) is 2.32. The fraction of sp³-hybridized carbons (Fsp3) is 0.409. The number of quaternary nitrogens is 1. The van der Waals surface area contributed by atoms with Crippen molar-refractivity contribution in [3.63, 3.8) is 0 Å². The number of rotatable bonds is 7. The van der Waals surface area contributed by atoms with E-state index in [1.807, 2.05) is 0 Å². The maximum Gasteiger partial charge on any atom is 0.169 e. The van der Waals surface area contributed by atoms with Crippen molar-refractivity contribution in [2.45, 2.75) is 31.7 Å². The Morgan fingerprint density at radius 3 is 2.50 bits per heavy atom. The van der Waals surface area contributed by atoms with E-state index < -0.39 is 0 Å². The standard InChI is InChI=1S/C22H30N2/c1-24(2,3)18-6-15-23-16-13-19(14-17-23)9-10-21-12-11-20-7-4-5-8-22(20)21/h4-5,7-8,11-14,16-17,21H,6,9-10,15,18H2,1-3H3/q+2. The number of fused-ring (bicyclic) bond motifs is 1. The van der Waals surface area contributed by atoms with Crippen LogP contribution in [0.4, 0.5) is 0 Å². The molecule has 1 unspecified atom stereocenters. The number of allylic oxidation sites excluding steroid dienone is 1. The summed E-state index contributed by atoms with van der Waals surface area (Å²) >= 11 is 0. The Bertz CT molecular complexity index is 693. The van der Waals surface area contributed by atoms with Crippen molar-refractivity contribution in [1.82, 2.24) is 0 Å². The van der Waals surface area contributed by atoms with Crippen LogP contribution >= 0.6 is 0 Å². The van der Waals surface area contributed by atoms with Crippen LogP contribution in [0.5, 0.6) is 0 Å². The van der Waals surface area contributed by atoms with Gasteiger partial charge >= 0.3 is 0 Å². The molecule has 1 aromatic carbocycles. The van der Waals surface area contributed by atoms with Gasteiger partial charge in [-0.05, 0) is 29.5 Å². The molecule has 1 aliphatic rings. The van der Waals surface area contributed by atoms with Gasteiger partial charge in [-0.25, -0.2) is 4.57 Å². The minimum Gasteiger partial charge on any atom is -0.331 e. The van der Waals surface area contributed by atoms with Gasteiger partial charge in [-0.15, -0.1) is 0 Å². The van der Waals surface area contributed by atoms with Gasteiger partial charge in [0.1, 0.15) is 0 Å². The molecule has 126 valence electrons. The van der Waals surface area contributed by atoms with Crippen molar-refractivity contribution in [2.75, 3.05) is 27.7 Å². The monoisotopic (exact) mass is 322 g/mol. The predicted octanol–water partition coefficient (Wildman–Crippen LogP) is 3.81. The molecular weight excluding hydrogens is 292 g/mol.